The van der Waals surface area contributed by atoms with Crippen LogP contribution < -0.4 is 10.1 Å². The minimum atomic E-state index is -0.212. The molecule has 92 valence electrons. The predicted octanol–water partition coefficient (Wildman–Crippen LogP) is 2.31. The van der Waals surface area contributed by atoms with Crippen molar-refractivity contribution in [3.8, 4) is 5.75 Å². The Kier molecular flexibility index (Phi) is 3.26. The van der Waals surface area contributed by atoms with Crippen LogP contribution in [-0.2, 0) is 13.1 Å². The molecule has 0 saturated heterocycles. The highest BCUT2D eigenvalue weighted by Crippen LogP contribution is 2.35. The first-order chi connectivity index (χ1) is 7.83. The van der Waals surface area contributed by atoms with Gasteiger partial charge in [0.2, 0.25) is 0 Å². The van der Waals surface area contributed by atoms with E-state index in [1.165, 1.54) is 6.07 Å². The molecule has 0 spiro atoms. The van der Waals surface area contributed by atoms with Gasteiger partial charge in [-0.2, -0.15) is 0 Å². The van der Waals surface area contributed by atoms with E-state index in [-0.39, 0.29) is 18.2 Å². The highest BCUT2D eigenvalue weighted by atomic mass is 35.5. The first-order valence-corrected chi connectivity index (χ1v) is 5.37. The summed E-state index contributed by atoms with van der Waals surface area (Å²) in [6, 6.07) is 5.16. The van der Waals surface area contributed by atoms with Gasteiger partial charge in [0.05, 0.1) is 23.7 Å². The molecule has 0 radical (unpaired) electrons. The molecule has 3 rings (SSSR count). The van der Waals surface area contributed by atoms with Crippen LogP contribution in [0, 0.1) is 5.82 Å². The quantitative estimate of drug-likeness (QED) is 0.848. The standard InChI is InChI=1S/C12H13FN2O.ClH/c1-16-12-10-7-14-5-6-15(10)9-4-2-3-8(13)11(9)12;/h2-4,14H,5-7H2,1H3;1H. The lowest BCUT2D eigenvalue weighted by Crippen LogP contribution is -2.27. The molecular weight excluding hydrogens is 243 g/mol. The third-order valence-electron chi connectivity index (χ3n) is 3.11. The summed E-state index contributed by atoms with van der Waals surface area (Å²) in [5.41, 5.74) is 1.96. The van der Waals surface area contributed by atoms with E-state index >= 15 is 0 Å². The van der Waals surface area contributed by atoms with Gasteiger partial charge in [-0.3, -0.25) is 0 Å². The van der Waals surface area contributed by atoms with E-state index in [0.29, 0.717) is 11.1 Å². The number of hydrogen-bond acceptors (Lipinski definition) is 2. The van der Waals surface area contributed by atoms with Crippen LogP contribution in [-0.4, -0.2) is 18.2 Å². The molecule has 1 N–H and O–H groups in total. The minimum Gasteiger partial charge on any atom is -0.494 e. The monoisotopic (exact) mass is 256 g/mol. The van der Waals surface area contributed by atoms with Gasteiger partial charge in [-0.25, -0.2) is 4.39 Å². The van der Waals surface area contributed by atoms with Crippen molar-refractivity contribution in [3.05, 3.63) is 29.7 Å². The van der Waals surface area contributed by atoms with Crippen molar-refractivity contribution in [3.63, 3.8) is 0 Å². The van der Waals surface area contributed by atoms with Gasteiger partial charge < -0.3 is 14.6 Å². The van der Waals surface area contributed by atoms with E-state index in [4.69, 9.17) is 4.74 Å². The molecule has 0 aliphatic carbocycles. The summed E-state index contributed by atoms with van der Waals surface area (Å²) < 4.78 is 21.3. The van der Waals surface area contributed by atoms with Crippen molar-refractivity contribution in [2.75, 3.05) is 13.7 Å². The minimum absolute atomic E-state index is 0. The number of fused-ring (bicyclic) bond motifs is 3. The van der Waals surface area contributed by atoms with Gasteiger partial charge in [-0.15, -0.1) is 12.4 Å². The Morgan fingerprint density at radius 2 is 2.24 bits per heavy atom. The Hall–Kier alpha value is -1.26. The normalized spacial score (nSPS) is 14.2. The van der Waals surface area contributed by atoms with E-state index < -0.39 is 0 Å². The summed E-state index contributed by atoms with van der Waals surface area (Å²) in [5.74, 6) is 0.455. The third kappa shape index (κ3) is 1.68. The Morgan fingerprint density at radius 3 is 3.00 bits per heavy atom. The van der Waals surface area contributed by atoms with E-state index in [2.05, 4.69) is 9.88 Å². The molecule has 2 aromatic rings. The van der Waals surface area contributed by atoms with Crippen molar-refractivity contribution in [2.24, 2.45) is 0 Å². The molecule has 2 heterocycles. The molecule has 0 unspecified atom stereocenters. The zero-order valence-corrected chi connectivity index (χ0v) is 10.3. The van der Waals surface area contributed by atoms with Crippen LogP contribution in [0.3, 0.4) is 0 Å². The fourth-order valence-electron chi connectivity index (χ4n) is 2.42. The summed E-state index contributed by atoms with van der Waals surface area (Å²) in [6.45, 7) is 2.51. The van der Waals surface area contributed by atoms with Crippen LogP contribution in [0.5, 0.6) is 5.75 Å². The molecule has 1 aromatic carbocycles. The zero-order valence-electron chi connectivity index (χ0n) is 9.50. The smallest absolute Gasteiger partial charge is 0.151 e. The molecule has 0 fully saturated rings. The topological polar surface area (TPSA) is 26.2 Å². The molecular formula is C12H14ClFN2O. The number of halogens is 2. The maximum absolute atomic E-state index is 13.8. The van der Waals surface area contributed by atoms with Crippen LogP contribution in [0.4, 0.5) is 4.39 Å². The number of hydrogen-bond donors (Lipinski definition) is 1. The zero-order chi connectivity index (χ0) is 11.1. The lowest BCUT2D eigenvalue weighted by molar-refractivity contribution is 0.399. The van der Waals surface area contributed by atoms with Crippen LogP contribution in [0.2, 0.25) is 0 Å². The molecule has 0 amide bonds. The fraction of sp³-hybridized carbons (Fsp3) is 0.333. The van der Waals surface area contributed by atoms with E-state index in [0.717, 1.165) is 30.8 Å². The van der Waals surface area contributed by atoms with Gasteiger partial charge in [0.1, 0.15) is 5.82 Å². The van der Waals surface area contributed by atoms with Crippen molar-refractivity contribution >= 4 is 23.3 Å². The highest BCUT2D eigenvalue weighted by molar-refractivity contribution is 5.89. The number of nitrogens with zero attached hydrogens (tertiary/aromatic N) is 1. The van der Waals surface area contributed by atoms with Gasteiger partial charge in [0.15, 0.2) is 5.75 Å². The number of ether oxygens (including phenoxy) is 1. The highest BCUT2D eigenvalue weighted by Gasteiger charge is 2.22. The number of rotatable bonds is 1. The maximum Gasteiger partial charge on any atom is 0.151 e. The Bertz CT molecular complexity index is 553. The first kappa shape index (κ1) is 12.2. The Balaban J connectivity index is 0.00000108. The van der Waals surface area contributed by atoms with Crippen LogP contribution in [0.15, 0.2) is 18.2 Å². The van der Waals surface area contributed by atoms with Crippen LogP contribution >= 0.6 is 12.4 Å². The average molecular weight is 257 g/mol. The fourth-order valence-corrected chi connectivity index (χ4v) is 2.42. The van der Waals surface area contributed by atoms with Crippen molar-refractivity contribution < 1.29 is 9.13 Å². The SMILES string of the molecule is COc1c2n(c3cccc(F)c13)CCNC2.Cl. The molecule has 1 aliphatic rings. The summed E-state index contributed by atoms with van der Waals surface area (Å²) in [5, 5.41) is 3.87. The second-order valence-corrected chi connectivity index (χ2v) is 3.94. The Morgan fingerprint density at radius 1 is 1.41 bits per heavy atom. The molecule has 5 heteroatoms. The second kappa shape index (κ2) is 4.55. The summed E-state index contributed by atoms with van der Waals surface area (Å²) in [4.78, 5) is 0. The van der Waals surface area contributed by atoms with Gasteiger partial charge in [-0.05, 0) is 12.1 Å². The molecule has 1 aromatic heterocycles. The molecule has 0 bridgehead atoms. The maximum atomic E-state index is 13.8. The van der Waals surface area contributed by atoms with Gasteiger partial charge >= 0.3 is 0 Å². The largest absolute Gasteiger partial charge is 0.494 e. The van der Waals surface area contributed by atoms with E-state index in [1.807, 2.05) is 6.07 Å². The number of nitrogens with one attached hydrogen (secondary N) is 1. The Labute approximate surface area is 105 Å². The summed E-state index contributed by atoms with van der Waals surface area (Å²) in [7, 11) is 1.59. The molecule has 0 saturated carbocycles. The number of benzene rings is 1. The van der Waals surface area contributed by atoms with E-state index in [1.54, 1.807) is 13.2 Å². The molecule has 0 atom stereocenters. The van der Waals surface area contributed by atoms with Crippen molar-refractivity contribution in [2.45, 2.75) is 13.1 Å². The van der Waals surface area contributed by atoms with Crippen LogP contribution in [0.1, 0.15) is 5.69 Å². The van der Waals surface area contributed by atoms with Gasteiger partial charge in [0, 0.05) is 19.6 Å². The number of methoxy groups -OCH3 is 1. The molecule has 17 heavy (non-hydrogen) atoms. The van der Waals surface area contributed by atoms with Crippen molar-refractivity contribution in [1.29, 1.82) is 0 Å². The molecule has 3 nitrogen and oxygen atoms in total. The van der Waals surface area contributed by atoms with E-state index in [9.17, 15) is 4.39 Å². The first-order valence-electron chi connectivity index (χ1n) is 5.37. The predicted molar refractivity (Wildman–Crippen MR) is 67.4 cm³/mol. The van der Waals surface area contributed by atoms with Gasteiger partial charge in [0.25, 0.3) is 0 Å². The lowest BCUT2D eigenvalue weighted by Gasteiger charge is -2.17. The van der Waals surface area contributed by atoms with Gasteiger partial charge in [-0.1, -0.05) is 6.07 Å². The lowest BCUT2D eigenvalue weighted by atomic mass is 10.2. The van der Waals surface area contributed by atoms with Crippen molar-refractivity contribution in [1.82, 2.24) is 9.88 Å². The summed E-state index contributed by atoms with van der Waals surface area (Å²) >= 11 is 0. The summed E-state index contributed by atoms with van der Waals surface area (Å²) in [6.07, 6.45) is 0. The molecule has 1 aliphatic heterocycles. The number of aromatic nitrogens is 1. The second-order valence-electron chi connectivity index (χ2n) is 3.94. The average Bonchev–Trinajstić information content (AvgIpc) is 2.65. The third-order valence-corrected chi connectivity index (χ3v) is 3.11. The van der Waals surface area contributed by atoms with Crippen LogP contribution in [0.25, 0.3) is 10.9 Å².